The predicted octanol–water partition coefficient (Wildman–Crippen LogP) is 4.00. The molecular weight excluding hydrogens is 328 g/mol. The van der Waals surface area contributed by atoms with E-state index in [0.29, 0.717) is 19.7 Å². The van der Waals surface area contributed by atoms with Crippen LogP contribution in [-0.4, -0.2) is 31.2 Å². The molecule has 1 N–H and O–H groups in total. The zero-order valence-corrected chi connectivity index (χ0v) is 15.6. The first-order valence-corrected chi connectivity index (χ1v) is 9.05. The van der Waals surface area contributed by atoms with Gasteiger partial charge < -0.3 is 19.7 Å². The number of anilines is 1. The van der Waals surface area contributed by atoms with Crippen LogP contribution in [0, 0.1) is 0 Å². The summed E-state index contributed by atoms with van der Waals surface area (Å²) in [5.41, 5.74) is 3.28. The Kier molecular flexibility index (Phi) is 5.66. The zero-order valence-electron chi connectivity index (χ0n) is 15.6. The molecule has 0 radical (unpaired) electrons. The highest BCUT2D eigenvalue weighted by atomic mass is 16.5. The fourth-order valence-electron chi connectivity index (χ4n) is 3.21. The number of carbonyl (C=O) groups excluding carboxylic acids is 1. The molecule has 1 unspecified atom stereocenters. The molecule has 0 saturated heterocycles. The number of benzene rings is 2. The minimum absolute atomic E-state index is 0.00445. The van der Waals surface area contributed by atoms with Crippen molar-refractivity contribution in [1.82, 2.24) is 4.90 Å². The molecule has 2 aromatic rings. The lowest BCUT2D eigenvalue weighted by Gasteiger charge is -2.30. The van der Waals surface area contributed by atoms with Gasteiger partial charge in [-0.2, -0.15) is 0 Å². The Labute approximate surface area is 154 Å². The minimum atomic E-state index is -0.00445. The first-order chi connectivity index (χ1) is 12.6. The summed E-state index contributed by atoms with van der Waals surface area (Å²) in [6.45, 7) is 5.16. The molecule has 0 aromatic heterocycles. The summed E-state index contributed by atoms with van der Waals surface area (Å²) in [5.74, 6) is 1.86. The number of rotatable bonds is 7. The molecule has 5 nitrogen and oxygen atoms in total. The van der Waals surface area contributed by atoms with Crippen LogP contribution in [0.1, 0.15) is 37.4 Å². The number of hydrogen-bond donors (Lipinski definition) is 1. The second kappa shape index (κ2) is 8.13. The fraction of sp³-hybridized carbons (Fsp3) is 0.381. The fourth-order valence-corrected chi connectivity index (χ4v) is 3.21. The molecule has 5 heteroatoms. The highest BCUT2D eigenvalue weighted by Gasteiger charge is 2.22. The predicted molar refractivity (Wildman–Crippen MR) is 103 cm³/mol. The van der Waals surface area contributed by atoms with Gasteiger partial charge in [-0.05, 0) is 48.7 Å². The van der Waals surface area contributed by atoms with Gasteiger partial charge in [0.05, 0.1) is 18.8 Å². The van der Waals surface area contributed by atoms with Crippen LogP contribution in [0.25, 0.3) is 0 Å². The van der Waals surface area contributed by atoms with E-state index in [1.165, 1.54) is 5.56 Å². The van der Waals surface area contributed by atoms with E-state index in [2.05, 4.69) is 18.3 Å². The van der Waals surface area contributed by atoms with Crippen molar-refractivity contribution in [1.29, 1.82) is 0 Å². The first kappa shape index (κ1) is 18.1. The van der Waals surface area contributed by atoms with Gasteiger partial charge in [0, 0.05) is 13.0 Å². The molecule has 0 fully saturated rings. The van der Waals surface area contributed by atoms with Crippen molar-refractivity contribution in [3.8, 4) is 11.5 Å². The van der Waals surface area contributed by atoms with Gasteiger partial charge in [-0.15, -0.1) is 0 Å². The third kappa shape index (κ3) is 3.93. The summed E-state index contributed by atoms with van der Waals surface area (Å²) < 4.78 is 10.8. The molecule has 0 aliphatic carbocycles. The summed E-state index contributed by atoms with van der Waals surface area (Å²) in [6.07, 6.45) is 1.30. The van der Waals surface area contributed by atoms with Crippen molar-refractivity contribution < 1.29 is 14.3 Å². The summed E-state index contributed by atoms with van der Waals surface area (Å²) in [5, 5.41) is 3.17. The largest absolute Gasteiger partial charge is 0.497 e. The van der Waals surface area contributed by atoms with Crippen LogP contribution in [0.3, 0.4) is 0 Å². The van der Waals surface area contributed by atoms with Crippen molar-refractivity contribution in [3.05, 3.63) is 53.6 Å². The second-order valence-corrected chi connectivity index (χ2v) is 6.44. The number of ether oxygens (including phenoxy) is 2. The lowest BCUT2D eigenvalue weighted by molar-refractivity contribution is -0.133. The van der Waals surface area contributed by atoms with Crippen LogP contribution < -0.4 is 14.8 Å². The van der Waals surface area contributed by atoms with Gasteiger partial charge in [-0.3, -0.25) is 4.79 Å². The SMILES string of the molecule is CCC(=O)N(CCc1ccc(OC)cc1)C(C)c1ccc2c(c1)OCN2. The number of hydrogen-bond acceptors (Lipinski definition) is 4. The molecule has 0 bridgehead atoms. The van der Waals surface area contributed by atoms with E-state index in [4.69, 9.17) is 9.47 Å². The lowest BCUT2D eigenvalue weighted by atomic mass is 10.0. The van der Waals surface area contributed by atoms with E-state index < -0.39 is 0 Å². The van der Waals surface area contributed by atoms with Gasteiger partial charge in [0.15, 0.2) is 6.73 Å². The molecule has 1 atom stereocenters. The van der Waals surface area contributed by atoms with Gasteiger partial charge in [0.1, 0.15) is 11.5 Å². The van der Waals surface area contributed by atoms with E-state index in [0.717, 1.165) is 29.2 Å². The number of nitrogens with zero attached hydrogens (tertiary/aromatic N) is 1. The Morgan fingerprint density at radius 3 is 2.73 bits per heavy atom. The normalized spacial score (nSPS) is 13.3. The Balaban J connectivity index is 1.73. The van der Waals surface area contributed by atoms with Crippen molar-refractivity contribution in [3.63, 3.8) is 0 Å². The molecule has 1 amide bonds. The Morgan fingerprint density at radius 2 is 2.04 bits per heavy atom. The maximum atomic E-state index is 12.5. The topological polar surface area (TPSA) is 50.8 Å². The smallest absolute Gasteiger partial charge is 0.222 e. The lowest BCUT2D eigenvalue weighted by Crippen LogP contribution is -2.34. The van der Waals surface area contributed by atoms with Gasteiger partial charge in [-0.1, -0.05) is 25.1 Å². The average Bonchev–Trinajstić information content (AvgIpc) is 3.16. The number of fused-ring (bicyclic) bond motifs is 1. The number of methoxy groups -OCH3 is 1. The van der Waals surface area contributed by atoms with Gasteiger partial charge in [-0.25, -0.2) is 0 Å². The number of amides is 1. The molecule has 0 saturated carbocycles. The van der Waals surface area contributed by atoms with E-state index in [1.807, 2.05) is 48.2 Å². The number of carbonyl (C=O) groups is 1. The maximum absolute atomic E-state index is 12.5. The number of nitrogens with one attached hydrogen (secondary N) is 1. The van der Waals surface area contributed by atoms with Crippen LogP contribution in [0.15, 0.2) is 42.5 Å². The molecular formula is C21H26N2O3. The van der Waals surface area contributed by atoms with Crippen LogP contribution in [0.4, 0.5) is 5.69 Å². The van der Waals surface area contributed by atoms with Gasteiger partial charge in [0.25, 0.3) is 0 Å². The highest BCUT2D eigenvalue weighted by molar-refractivity contribution is 5.76. The standard InChI is InChI=1S/C21H26N2O3/c1-4-21(24)23(12-11-16-5-8-18(25-3)9-6-16)15(2)17-7-10-19-20(13-17)26-14-22-19/h5-10,13,15,22H,4,11-12,14H2,1-3H3. The summed E-state index contributed by atoms with van der Waals surface area (Å²) in [6, 6.07) is 14.1. The van der Waals surface area contributed by atoms with Crippen LogP contribution in [0.2, 0.25) is 0 Å². The van der Waals surface area contributed by atoms with Crippen molar-refractivity contribution in [2.24, 2.45) is 0 Å². The third-order valence-corrected chi connectivity index (χ3v) is 4.87. The molecule has 3 rings (SSSR count). The van der Waals surface area contributed by atoms with E-state index in [1.54, 1.807) is 7.11 Å². The van der Waals surface area contributed by atoms with Crippen LogP contribution in [0.5, 0.6) is 11.5 Å². The molecule has 1 aliphatic heterocycles. The third-order valence-electron chi connectivity index (χ3n) is 4.87. The van der Waals surface area contributed by atoms with Crippen LogP contribution >= 0.6 is 0 Å². The zero-order chi connectivity index (χ0) is 18.5. The van der Waals surface area contributed by atoms with Crippen molar-refractivity contribution in [2.45, 2.75) is 32.7 Å². The maximum Gasteiger partial charge on any atom is 0.222 e. The van der Waals surface area contributed by atoms with Crippen LogP contribution in [-0.2, 0) is 11.2 Å². The first-order valence-electron chi connectivity index (χ1n) is 9.05. The van der Waals surface area contributed by atoms with Gasteiger partial charge >= 0.3 is 0 Å². The van der Waals surface area contributed by atoms with Crippen molar-refractivity contribution in [2.75, 3.05) is 25.7 Å². The quantitative estimate of drug-likeness (QED) is 0.816. The Hall–Kier alpha value is -2.69. The Morgan fingerprint density at radius 1 is 1.27 bits per heavy atom. The summed E-state index contributed by atoms with van der Waals surface area (Å²) >= 11 is 0. The molecule has 2 aromatic carbocycles. The van der Waals surface area contributed by atoms with Crippen molar-refractivity contribution >= 4 is 11.6 Å². The summed E-state index contributed by atoms with van der Waals surface area (Å²) in [4.78, 5) is 14.5. The molecule has 0 spiro atoms. The van der Waals surface area contributed by atoms with E-state index in [9.17, 15) is 4.79 Å². The van der Waals surface area contributed by atoms with E-state index >= 15 is 0 Å². The average molecular weight is 354 g/mol. The van der Waals surface area contributed by atoms with E-state index in [-0.39, 0.29) is 11.9 Å². The Bertz CT molecular complexity index is 758. The monoisotopic (exact) mass is 354 g/mol. The molecule has 26 heavy (non-hydrogen) atoms. The molecule has 1 heterocycles. The molecule has 138 valence electrons. The second-order valence-electron chi connectivity index (χ2n) is 6.44. The summed E-state index contributed by atoms with van der Waals surface area (Å²) in [7, 11) is 1.66. The van der Waals surface area contributed by atoms with Gasteiger partial charge in [0.2, 0.25) is 5.91 Å². The highest BCUT2D eigenvalue weighted by Crippen LogP contribution is 2.33. The minimum Gasteiger partial charge on any atom is -0.497 e. The molecule has 1 aliphatic rings.